The third-order valence-corrected chi connectivity index (χ3v) is 0.551. The molecule has 0 aliphatic rings. The molecule has 0 N–H and O–H groups in total. The second kappa shape index (κ2) is 24.1. The minimum atomic E-state index is 0. The van der Waals surface area contributed by atoms with Gasteiger partial charge in [-0.15, -0.1) is 0 Å². The number of hydrogen-bond acceptors (Lipinski definition) is 0. The molecule has 0 aliphatic heterocycles. The Morgan fingerprint density at radius 2 is 1.50 bits per heavy atom. The summed E-state index contributed by atoms with van der Waals surface area (Å²) in [4.78, 5) is 0. The van der Waals surface area contributed by atoms with Crippen LogP contribution in [0.4, 0.5) is 0 Å². The molecule has 10 heavy (non-hydrogen) atoms. The highest BCUT2D eigenvalue weighted by atomic mass is 13.6. The highest BCUT2D eigenvalue weighted by molar-refractivity contribution is 5.07. The summed E-state index contributed by atoms with van der Waals surface area (Å²) < 4.78 is 0. The maximum absolute atomic E-state index is 3.51. The second-order valence-electron chi connectivity index (χ2n) is 1.15. The average Bonchev–Trinajstić information content (AvgIpc) is 1.94. The van der Waals surface area contributed by atoms with Gasteiger partial charge in [0.05, 0.1) is 0 Å². The van der Waals surface area contributed by atoms with Crippen LogP contribution >= 0.6 is 0 Å². The zero-order valence-corrected chi connectivity index (χ0v) is 6.59. The average molecular weight is 140 g/mol. The van der Waals surface area contributed by atoms with Crippen LogP contribution in [0.1, 0.15) is 28.2 Å². The largest absolute Gasteiger partial charge is 0.0991 e. The molecule has 0 aliphatic carbocycles. The van der Waals surface area contributed by atoms with E-state index < -0.39 is 0 Å². The van der Waals surface area contributed by atoms with Gasteiger partial charge in [-0.3, -0.25) is 0 Å². The monoisotopic (exact) mass is 140 g/mol. The van der Waals surface area contributed by atoms with Gasteiger partial charge in [-0.25, -0.2) is 0 Å². The fourth-order valence-corrected chi connectivity index (χ4v) is 0.254. The molecule has 0 aromatic heterocycles. The Morgan fingerprint density at radius 1 is 1.00 bits per heavy atom. The van der Waals surface area contributed by atoms with Crippen molar-refractivity contribution in [3.05, 3.63) is 37.0 Å². The number of hydrogen-bond donors (Lipinski definition) is 0. The van der Waals surface area contributed by atoms with Gasteiger partial charge in [0.2, 0.25) is 0 Å². The minimum Gasteiger partial charge on any atom is -0.0991 e. The Bertz CT molecular complexity index is 86.2. The van der Waals surface area contributed by atoms with Crippen molar-refractivity contribution in [2.75, 3.05) is 0 Å². The molecular weight excluding hydrogens is 120 g/mol. The fraction of sp³-hybridized carbons (Fsp3) is 0.400. The van der Waals surface area contributed by atoms with Crippen LogP contribution in [-0.2, 0) is 0 Å². The van der Waals surface area contributed by atoms with E-state index in [2.05, 4.69) is 6.58 Å². The molecule has 0 spiro atoms. The standard InChI is InChI=1S/C7H10.C2H6.CH4/c1-3-5-7-6-4-2;1-2;/h3-7H,1H2,2H3;1-2H3;1H4/b6-4-,7-5-;;. The molecule has 0 unspecified atom stereocenters. The Hall–Kier alpha value is -0.780. The molecule has 0 heterocycles. The lowest BCUT2D eigenvalue weighted by atomic mass is 10.4. The lowest BCUT2D eigenvalue weighted by Gasteiger charge is -1.65. The lowest BCUT2D eigenvalue weighted by Crippen LogP contribution is -1.43. The summed E-state index contributed by atoms with van der Waals surface area (Å²) in [5.74, 6) is 0. The quantitative estimate of drug-likeness (QED) is 0.509. The molecule has 0 atom stereocenters. The molecule has 0 fully saturated rings. The predicted molar refractivity (Wildman–Crippen MR) is 52.2 cm³/mol. The van der Waals surface area contributed by atoms with Crippen LogP contribution in [0.15, 0.2) is 37.0 Å². The van der Waals surface area contributed by atoms with Crippen molar-refractivity contribution in [1.82, 2.24) is 0 Å². The van der Waals surface area contributed by atoms with Crippen molar-refractivity contribution in [1.29, 1.82) is 0 Å². The van der Waals surface area contributed by atoms with Crippen molar-refractivity contribution >= 4 is 0 Å². The molecule has 0 saturated carbocycles. The van der Waals surface area contributed by atoms with Gasteiger partial charge in [0.1, 0.15) is 0 Å². The lowest BCUT2D eigenvalue weighted by molar-refractivity contribution is 1.50. The molecule has 0 aromatic carbocycles. The Labute approximate surface area is 66.0 Å². The van der Waals surface area contributed by atoms with Crippen LogP contribution in [0, 0.1) is 0 Å². The van der Waals surface area contributed by atoms with Gasteiger partial charge in [-0.2, -0.15) is 0 Å². The van der Waals surface area contributed by atoms with Gasteiger partial charge in [0.15, 0.2) is 0 Å². The SMILES string of the molecule is C.C=C/C=C\C=C/C.CC. The summed E-state index contributed by atoms with van der Waals surface area (Å²) in [6, 6.07) is 0. The summed E-state index contributed by atoms with van der Waals surface area (Å²) in [6.45, 7) is 9.49. The van der Waals surface area contributed by atoms with Crippen LogP contribution in [0.25, 0.3) is 0 Å². The zero-order valence-electron chi connectivity index (χ0n) is 6.59. The summed E-state index contributed by atoms with van der Waals surface area (Å²) in [5, 5.41) is 0. The molecule has 0 aromatic rings. The van der Waals surface area contributed by atoms with Crippen LogP contribution in [0.5, 0.6) is 0 Å². The first-order valence-electron chi connectivity index (χ1n) is 3.32. The first kappa shape index (κ1) is 16.1. The van der Waals surface area contributed by atoms with Gasteiger partial charge in [-0.1, -0.05) is 58.2 Å². The van der Waals surface area contributed by atoms with Gasteiger partial charge in [0, 0.05) is 0 Å². The van der Waals surface area contributed by atoms with Crippen molar-refractivity contribution < 1.29 is 0 Å². The van der Waals surface area contributed by atoms with E-state index in [-0.39, 0.29) is 7.43 Å². The molecule has 0 saturated heterocycles. The van der Waals surface area contributed by atoms with E-state index in [1.165, 1.54) is 0 Å². The number of rotatable bonds is 2. The molecule has 0 nitrogen and oxygen atoms in total. The third kappa shape index (κ3) is 26.9. The first-order chi connectivity index (χ1) is 4.41. The smallest absolute Gasteiger partial charge is 0.0467 e. The summed E-state index contributed by atoms with van der Waals surface area (Å²) in [5.41, 5.74) is 0. The van der Waals surface area contributed by atoms with Crippen LogP contribution in [0.3, 0.4) is 0 Å². The van der Waals surface area contributed by atoms with Gasteiger partial charge < -0.3 is 0 Å². The van der Waals surface area contributed by atoms with Crippen LogP contribution in [0.2, 0.25) is 0 Å². The van der Waals surface area contributed by atoms with Gasteiger partial charge in [-0.05, 0) is 6.92 Å². The maximum atomic E-state index is 3.51. The van der Waals surface area contributed by atoms with Crippen molar-refractivity contribution in [3.63, 3.8) is 0 Å². The molecule has 0 amide bonds. The highest BCUT2D eigenvalue weighted by Crippen LogP contribution is 1.74. The summed E-state index contributed by atoms with van der Waals surface area (Å²) in [6.07, 6.45) is 9.51. The molecular formula is C10H20. The summed E-state index contributed by atoms with van der Waals surface area (Å²) >= 11 is 0. The Morgan fingerprint density at radius 3 is 1.80 bits per heavy atom. The maximum Gasteiger partial charge on any atom is -0.0467 e. The van der Waals surface area contributed by atoms with E-state index in [1.807, 2.05) is 45.1 Å². The number of allylic oxidation sites excluding steroid dienone is 5. The molecule has 0 rings (SSSR count). The molecule has 0 radical (unpaired) electrons. The Kier molecular flexibility index (Phi) is 38.7. The van der Waals surface area contributed by atoms with Crippen molar-refractivity contribution in [3.8, 4) is 0 Å². The second-order valence-corrected chi connectivity index (χ2v) is 1.15. The third-order valence-electron chi connectivity index (χ3n) is 0.551. The van der Waals surface area contributed by atoms with Crippen molar-refractivity contribution in [2.45, 2.75) is 28.2 Å². The van der Waals surface area contributed by atoms with E-state index in [1.54, 1.807) is 6.08 Å². The van der Waals surface area contributed by atoms with E-state index in [0.29, 0.717) is 0 Å². The first-order valence-corrected chi connectivity index (χ1v) is 3.32. The van der Waals surface area contributed by atoms with E-state index in [4.69, 9.17) is 0 Å². The fourth-order valence-electron chi connectivity index (χ4n) is 0.254. The topological polar surface area (TPSA) is 0 Å². The minimum absolute atomic E-state index is 0. The van der Waals surface area contributed by atoms with Gasteiger partial charge in [0.25, 0.3) is 0 Å². The van der Waals surface area contributed by atoms with E-state index in [9.17, 15) is 0 Å². The van der Waals surface area contributed by atoms with Gasteiger partial charge >= 0.3 is 0 Å². The van der Waals surface area contributed by atoms with Crippen LogP contribution < -0.4 is 0 Å². The molecule has 60 valence electrons. The predicted octanol–water partition coefficient (Wildman–Crippen LogP) is 3.97. The van der Waals surface area contributed by atoms with Crippen LogP contribution in [-0.4, -0.2) is 0 Å². The summed E-state index contributed by atoms with van der Waals surface area (Å²) in [7, 11) is 0. The normalized spacial score (nSPS) is 8.30. The Balaban J connectivity index is -0.000000149. The van der Waals surface area contributed by atoms with E-state index >= 15 is 0 Å². The van der Waals surface area contributed by atoms with E-state index in [0.717, 1.165) is 0 Å². The van der Waals surface area contributed by atoms with Crippen molar-refractivity contribution in [2.24, 2.45) is 0 Å². The zero-order chi connectivity index (χ0) is 7.54. The highest BCUT2D eigenvalue weighted by Gasteiger charge is 1.52. The molecule has 0 bridgehead atoms. The molecule has 0 heteroatoms.